The van der Waals surface area contributed by atoms with E-state index >= 15 is 0 Å². The van der Waals surface area contributed by atoms with Gasteiger partial charge in [0.15, 0.2) is 5.69 Å². The Bertz CT molecular complexity index is 467. The lowest BCUT2D eigenvalue weighted by Crippen LogP contribution is -2.54. The van der Waals surface area contributed by atoms with E-state index in [0.29, 0.717) is 19.6 Å². The van der Waals surface area contributed by atoms with Gasteiger partial charge in [-0.15, -0.1) is 0 Å². The summed E-state index contributed by atoms with van der Waals surface area (Å²) in [6.45, 7) is 3.17. The van der Waals surface area contributed by atoms with Gasteiger partial charge >= 0.3 is 5.97 Å². The number of rotatable bonds is 5. The maximum Gasteiger partial charge on any atom is 0.357 e. The summed E-state index contributed by atoms with van der Waals surface area (Å²) in [5.41, 5.74) is -0.150. The number of aromatic carboxylic acids is 1. The Morgan fingerprint density at radius 1 is 1.60 bits per heavy atom. The molecule has 112 valence electrons. The highest BCUT2D eigenvalue weighted by molar-refractivity contribution is 5.85. The van der Waals surface area contributed by atoms with Gasteiger partial charge < -0.3 is 14.4 Å². The van der Waals surface area contributed by atoms with E-state index in [4.69, 9.17) is 9.52 Å². The molecule has 0 bridgehead atoms. The van der Waals surface area contributed by atoms with Crippen molar-refractivity contribution in [2.45, 2.75) is 25.8 Å². The Morgan fingerprint density at radius 2 is 2.35 bits per heavy atom. The van der Waals surface area contributed by atoms with Gasteiger partial charge in [0.25, 0.3) is 12.4 Å². The zero-order valence-electron chi connectivity index (χ0n) is 11.1. The van der Waals surface area contributed by atoms with Crippen LogP contribution in [0.5, 0.6) is 0 Å². The second kappa shape index (κ2) is 6.17. The van der Waals surface area contributed by atoms with Gasteiger partial charge in [-0.2, -0.15) is 4.98 Å². The Labute approximate surface area is 115 Å². The molecule has 1 aliphatic rings. The van der Waals surface area contributed by atoms with Crippen molar-refractivity contribution >= 4 is 12.0 Å². The number of anilines is 1. The maximum absolute atomic E-state index is 12.5. The molecule has 20 heavy (non-hydrogen) atoms. The van der Waals surface area contributed by atoms with E-state index in [9.17, 15) is 13.6 Å². The molecule has 1 aromatic rings. The molecule has 0 radical (unpaired) electrons. The third-order valence-electron chi connectivity index (χ3n) is 3.43. The van der Waals surface area contributed by atoms with E-state index in [-0.39, 0.29) is 24.3 Å². The number of alkyl halides is 2. The molecule has 8 heteroatoms. The molecule has 2 rings (SSSR count). The second-order valence-corrected chi connectivity index (χ2v) is 4.71. The molecule has 2 heterocycles. The van der Waals surface area contributed by atoms with Gasteiger partial charge in [0, 0.05) is 25.7 Å². The smallest absolute Gasteiger partial charge is 0.357 e. The number of hydrogen-bond donors (Lipinski definition) is 1. The van der Waals surface area contributed by atoms with Crippen LogP contribution >= 0.6 is 0 Å². The van der Waals surface area contributed by atoms with Gasteiger partial charge in [0.2, 0.25) is 0 Å². The first-order chi connectivity index (χ1) is 9.51. The van der Waals surface area contributed by atoms with Crippen LogP contribution in [0, 0.1) is 0 Å². The van der Waals surface area contributed by atoms with Crippen LogP contribution in [0.4, 0.5) is 14.8 Å². The topological polar surface area (TPSA) is 69.8 Å². The number of nitrogens with zero attached hydrogens (tertiary/aromatic N) is 3. The quantitative estimate of drug-likeness (QED) is 0.886. The normalized spacial score (nSPS) is 20.6. The van der Waals surface area contributed by atoms with Crippen molar-refractivity contribution in [1.82, 2.24) is 9.88 Å². The fraction of sp³-hybridized carbons (Fsp3) is 0.667. The van der Waals surface area contributed by atoms with Crippen molar-refractivity contribution in [3.63, 3.8) is 0 Å². The summed E-state index contributed by atoms with van der Waals surface area (Å²) in [4.78, 5) is 18.2. The summed E-state index contributed by atoms with van der Waals surface area (Å²) >= 11 is 0. The van der Waals surface area contributed by atoms with Crippen molar-refractivity contribution in [3.8, 4) is 0 Å². The molecule has 0 saturated carbocycles. The lowest BCUT2D eigenvalue weighted by molar-refractivity contribution is 0.0580. The largest absolute Gasteiger partial charge is 0.476 e. The Kier molecular flexibility index (Phi) is 4.53. The van der Waals surface area contributed by atoms with Gasteiger partial charge in [0.05, 0.1) is 6.54 Å². The van der Waals surface area contributed by atoms with Gasteiger partial charge in [0.1, 0.15) is 6.26 Å². The third-order valence-corrected chi connectivity index (χ3v) is 3.43. The molecule has 0 spiro atoms. The highest BCUT2D eigenvalue weighted by atomic mass is 19.3. The van der Waals surface area contributed by atoms with Crippen molar-refractivity contribution in [3.05, 3.63) is 12.0 Å². The minimum absolute atomic E-state index is 0.0158. The van der Waals surface area contributed by atoms with Gasteiger partial charge in [-0.1, -0.05) is 6.92 Å². The van der Waals surface area contributed by atoms with E-state index in [2.05, 4.69) is 4.98 Å². The van der Waals surface area contributed by atoms with Gasteiger partial charge in [-0.3, -0.25) is 4.90 Å². The highest BCUT2D eigenvalue weighted by Crippen LogP contribution is 2.20. The molecule has 1 N–H and O–H groups in total. The second-order valence-electron chi connectivity index (χ2n) is 4.71. The zero-order chi connectivity index (χ0) is 14.7. The van der Waals surface area contributed by atoms with Crippen LogP contribution in [0.15, 0.2) is 10.7 Å². The summed E-state index contributed by atoms with van der Waals surface area (Å²) in [7, 11) is 0. The van der Waals surface area contributed by atoms with E-state index in [1.807, 2.05) is 6.92 Å². The van der Waals surface area contributed by atoms with Gasteiger partial charge in [-0.05, 0) is 6.42 Å². The van der Waals surface area contributed by atoms with E-state index in [0.717, 1.165) is 12.7 Å². The molecule has 1 fully saturated rings. The zero-order valence-corrected chi connectivity index (χ0v) is 11.1. The first-order valence-electron chi connectivity index (χ1n) is 6.47. The monoisotopic (exact) mass is 289 g/mol. The molecule has 0 aliphatic carbocycles. The lowest BCUT2D eigenvalue weighted by atomic mass is 10.1. The van der Waals surface area contributed by atoms with E-state index < -0.39 is 12.4 Å². The summed E-state index contributed by atoms with van der Waals surface area (Å²) in [6.07, 6.45) is -0.532. The molecule has 1 atom stereocenters. The molecular formula is C12H17F2N3O3. The summed E-state index contributed by atoms with van der Waals surface area (Å²) in [5, 5.41) is 8.80. The maximum atomic E-state index is 12.5. The van der Waals surface area contributed by atoms with E-state index in [1.54, 1.807) is 9.80 Å². The average Bonchev–Trinajstić information content (AvgIpc) is 2.88. The number of carboxylic acids is 1. The minimum Gasteiger partial charge on any atom is -0.476 e. The Hall–Kier alpha value is -1.70. The predicted octanol–water partition coefficient (Wildman–Crippen LogP) is 1.54. The van der Waals surface area contributed by atoms with Crippen LogP contribution in [-0.2, 0) is 0 Å². The molecule has 0 amide bonds. The number of halogens is 2. The fourth-order valence-corrected chi connectivity index (χ4v) is 2.38. The van der Waals surface area contributed by atoms with Crippen molar-refractivity contribution in [2.24, 2.45) is 0 Å². The molecule has 0 aromatic carbocycles. The third kappa shape index (κ3) is 3.24. The van der Waals surface area contributed by atoms with Crippen LogP contribution in [0.25, 0.3) is 0 Å². The number of piperazine rings is 1. The number of hydrogen-bond acceptors (Lipinski definition) is 5. The van der Waals surface area contributed by atoms with Crippen LogP contribution in [0.2, 0.25) is 0 Å². The van der Waals surface area contributed by atoms with Crippen LogP contribution in [0.3, 0.4) is 0 Å². The van der Waals surface area contributed by atoms with Crippen LogP contribution in [0.1, 0.15) is 23.8 Å². The minimum atomic E-state index is -2.35. The molecule has 6 nitrogen and oxygen atoms in total. The molecule has 1 aliphatic heterocycles. The lowest BCUT2D eigenvalue weighted by Gasteiger charge is -2.40. The van der Waals surface area contributed by atoms with Crippen LogP contribution in [-0.4, -0.2) is 59.6 Å². The van der Waals surface area contributed by atoms with Crippen LogP contribution < -0.4 is 4.90 Å². The number of oxazole rings is 1. The number of carbonyl (C=O) groups is 1. The van der Waals surface area contributed by atoms with Gasteiger partial charge in [-0.25, -0.2) is 13.6 Å². The molecular weight excluding hydrogens is 272 g/mol. The molecule has 1 unspecified atom stereocenters. The molecule has 1 saturated heterocycles. The fourth-order valence-electron chi connectivity index (χ4n) is 2.38. The Morgan fingerprint density at radius 3 is 2.90 bits per heavy atom. The van der Waals surface area contributed by atoms with E-state index in [1.165, 1.54) is 0 Å². The highest BCUT2D eigenvalue weighted by Gasteiger charge is 2.29. The Balaban J connectivity index is 2.03. The van der Waals surface area contributed by atoms with Crippen molar-refractivity contribution in [2.75, 3.05) is 31.1 Å². The van der Waals surface area contributed by atoms with Crippen molar-refractivity contribution < 1.29 is 23.1 Å². The molecule has 1 aromatic heterocycles. The summed E-state index contributed by atoms with van der Waals surface area (Å²) in [6, 6.07) is 0.218. The first kappa shape index (κ1) is 14.7. The standard InChI is InChI=1S/C12H17F2N3O3/c1-2-8-5-17(4-3-16(8)6-10(13)14)12-15-9(7-20-12)11(18)19/h7-8,10H,2-6H2,1H3,(H,18,19). The SMILES string of the molecule is CCC1CN(c2nc(C(=O)O)co2)CCN1CC(F)F. The average molecular weight is 289 g/mol. The number of carboxylic acid groups (broad SMARTS) is 1. The first-order valence-corrected chi connectivity index (χ1v) is 6.47. The summed E-state index contributed by atoms with van der Waals surface area (Å²) in [5.74, 6) is -1.15. The van der Waals surface area contributed by atoms with Crippen molar-refractivity contribution in [1.29, 1.82) is 0 Å². The number of aromatic nitrogens is 1. The summed E-state index contributed by atoms with van der Waals surface area (Å²) < 4.78 is 30.1. The predicted molar refractivity (Wildman–Crippen MR) is 67.3 cm³/mol.